The second-order valence-corrected chi connectivity index (χ2v) is 17.8. The summed E-state index contributed by atoms with van der Waals surface area (Å²) < 4.78 is 89.2. The Morgan fingerprint density at radius 2 is 1.10 bits per heavy atom. The predicted molar refractivity (Wildman–Crippen MR) is 217 cm³/mol. The number of nitrogens with one attached hydrogen (secondary N) is 1. The molecule has 0 atom stereocenters. The lowest BCUT2D eigenvalue weighted by Gasteiger charge is -2.18. The molecule has 0 spiro atoms. The molecule has 2 amide bonds. The van der Waals surface area contributed by atoms with Crippen LogP contribution < -0.4 is 14.5 Å². The van der Waals surface area contributed by atoms with Gasteiger partial charge in [-0.25, -0.2) is 35.2 Å². The van der Waals surface area contributed by atoms with E-state index < -0.39 is 74.7 Å². The van der Waals surface area contributed by atoms with Gasteiger partial charge >= 0.3 is 12.2 Å². The summed E-state index contributed by atoms with van der Waals surface area (Å²) in [7, 11) is -3.48. The van der Waals surface area contributed by atoms with Crippen molar-refractivity contribution in [2.24, 2.45) is 0 Å². The molecule has 0 radical (unpaired) electrons. The van der Waals surface area contributed by atoms with Crippen LogP contribution in [-0.2, 0) is 54.6 Å². The molecule has 1 N–H and O–H groups in total. The molecular formula is C38H29Cl2F2N5O12S2. The van der Waals surface area contributed by atoms with Gasteiger partial charge in [-0.1, -0.05) is 72.3 Å². The maximum absolute atomic E-state index is 14.1. The lowest BCUT2D eigenvalue weighted by molar-refractivity contribution is -0.384. The van der Waals surface area contributed by atoms with E-state index in [1.807, 2.05) is 6.07 Å². The molecule has 7 rings (SSSR count). The van der Waals surface area contributed by atoms with Crippen molar-refractivity contribution in [1.82, 2.24) is 0 Å². The number of nitro groups is 2. The van der Waals surface area contributed by atoms with Gasteiger partial charge in [0.05, 0.1) is 19.6 Å². The van der Waals surface area contributed by atoms with Crippen LogP contribution in [0.5, 0.6) is 0 Å². The number of anilines is 3. The first-order chi connectivity index (χ1) is 28.8. The molecule has 0 unspecified atom stereocenters. The predicted octanol–water partition coefficient (Wildman–Crippen LogP) is 8.25. The van der Waals surface area contributed by atoms with Crippen molar-refractivity contribution in [3.8, 4) is 0 Å². The topological polar surface area (TPSA) is 226 Å². The van der Waals surface area contributed by atoms with Gasteiger partial charge in [-0.2, -0.15) is 0 Å². The molecule has 0 fully saturated rings. The smallest absolute Gasteiger partial charge is 0.414 e. The summed E-state index contributed by atoms with van der Waals surface area (Å²) in [5.74, 6) is -2.52. The van der Waals surface area contributed by atoms with Crippen LogP contribution >= 0.6 is 22.3 Å². The number of hydrogen-bond acceptors (Lipinski definition) is 12. The van der Waals surface area contributed by atoms with Crippen LogP contribution in [0.1, 0.15) is 22.3 Å². The maximum Gasteiger partial charge on any atom is 0.414 e. The van der Waals surface area contributed by atoms with Crippen LogP contribution in [0.25, 0.3) is 0 Å². The van der Waals surface area contributed by atoms with Gasteiger partial charge in [-0.05, 0) is 59.4 Å². The second-order valence-electron chi connectivity index (χ2n) is 13.1. The molecule has 17 nitrogen and oxygen atoms in total. The summed E-state index contributed by atoms with van der Waals surface area (Å²) in [6.07, 6.45) is -1.22. The van der Waals surface area contributed by atoms with Crippen molar-refractivity contribution >= 4 is 82.0 Å². The fourth-order valence-corrected chi connectivity index (χ4v) is 8.50. The zero-order valence-corrected chi connectivity index (χ0v) is 34.1. The fourth-order valence-electron chi connectivity index (χ4n) is 6.36. The Balaban J connectivity index is 0.000000213. The summed E-state index contributed by atoms with van der Waals surface area (Å²) in [6, 6.07) is 23.1. The van der Waals surface area contributed by atoms with E-state index in [2.05, 4.69) is 0 Å². The Morgan fingerprint density at radius 1 is 0.689 bits per heavy atom. The normalized spacial score (nSPS) is 13.0. The number of fused-ring (bicyclic) bond motifs is 2. The average Bonchev–Trinajstić information content (AvgIpc) is 3.85. The number of carbonyl (C=O) groups is 2. The molecule has 0 aromatic heterocycles. The minimum atomic E-state index is -4.64. The van der Waals surface area contributed by atoms with Gasteiger partial charge in [0.15, 0.2) is 11.6 Å². The molecule has 0 saturated carbocycles. The Kier molecular flexibility index (Phi) is 13.1. The zero-order chi connectivity index (χ0) is 44.2. The second kappa shape index (κ2) is 18.1. The van der Waals surface area contributed by atoms with Crippen LogP contribution in [0, 0.1) is 31.9 Å². The monoisotopic (exact) mass is 919 g/mol. The summed E-state index contributed by atoms with van der Waals surface area (Å²) in [6.45, 7) is 0.123. The lowest BCUT2D eigenvalue weighted by Crippen LogP contribution is -2.30. The third-order valence-electron chi connectivity index (χ3n) is 9.11. The lowest BCUT2D eigenvalue weighted by atomic mass is 10.1. The molecule has 0 saturated heterocycles. The highest BCUT2D eigenvalue weighted by molar-refractivity contribution is 8.13. The molecular weight excluding hydrogens is 891 g/mol. The van der Waals surface area contributed by atoms with Gasteiger partial charge in [0.1, 0.15) is 30.3 Å². The quantitative estimate of drug-likeness (QED) is 0.0794. The van der Waals surface area contributed by atoms with E-state index in [0.29, 0.717) is 23.3 Å². The molecule has 2 heterocycles. The van der Waals surface area contributed by atoms with E-state index in [0.717, 1.165) is 33.6 Å². The van der Waals surface area contributed by atoms with Crippen molar-refractivity contribution in [2.45, 2.75) is 35.8 Å². The van der Waals surface area contributed by atoms with E-state index in [1.165, 1.54) is 6.07 Å². The molecule has 23 heteroatoms. The van der Waals surface area contributed by atoms with E-state index in [1.54, 1.807) is 59.3 Å². The number of halogens is 4. The minimum Gasteiger partial charge on any atom is -0.444 e. The van der Waals surface area contributed by atoms with Gasteiger partial charge < -0.3 is 9.47 Å². The highest BCUT2D eigenvalue weighted by Crippen LogP contribution is 2.42. The van der Waals surface area contributed by atoms with Crippen molar-refractivity contribution in [3.63, 3.8) is 0 Å². The van der Waals surface area contributed by atoms with Crippen LogP contribution in [0.4, 0.5) is 46.8 Å². The Morgan fingerprint density at radius 3 is 1.51 bits per heavy atom. The maximum atomic E-state index is 14.1. The van der Waals surface area contributed by atoms with Gasteiger partial charge in [-0.15, -0.1) is 0 Å². The number of nitrogens with zero attached hydrogens (tertiary/aromatic N) is 4. The first-order valence-electron chi connectivity index (χ1n) is 17.5. The highest BCUT2D eigenvalue weighted by atomic mass is 35.7. The number of rotatable bonds is 10. The Labute approximate surface area is 354 Å². The molecule has 2 aliphatic heterocycles. The van der Waals surface area contributed by atoms with E-state index in [4.69, 9.17) is 31.8 Å². The number of carbonyl (C=O) groups excluding carboxylic acids is 2. The minimum absolute atomic E-state index is 0.0150. The van der Waals surface area contributed by atoms with Gasteiger partial charge in [0.25, 0.3) is 30.4 Å². The van der Waals surface area contributed by atoms with Gasteiger partial charge in [-0.3, -0.25) is 34.8 Å². The number of ether oxygens (including phenoxy) is 2. The van der Waals surface area contributed by atoms with E-state index in [-0.39, 0.29) is 66.0 Å². The Hall–Kier alpha value is -6.42. The molecule has 318 valence electrons. The third kappa shape index (κ3) is 10.1. The summed E-state index contributed by atoms with van der Waals surface area (Å²) in [5.41, 5.74) is -0.188. The van der Waals surface area contributed by atoms with Crippen LogP contribution in [0.15, 0.2) is 107 Å². The van der Waals surface area contributed by atoms with Crippen molar-refractivity contribution in [3.05, 3.63) is 156 Å². The number of benzene rings is 5. The van der Waals surface area contributed by atoms with Crippen molar-refractivity contribution in [1.29, 1.82) is 0 Å². The summed E-state index contributed by atoms with van der Waals surface area (Å²) in [5, 5.41) is 22.9. The number of sulfonamides is 1. The number of hydrogen-bond donors (Lipinski definition) is 1. The van der Waals surface area contributed by atoms with Crippen LogP contribution in [0.2, 0.25) is 5.02 Å². The van der Waals surface area contributed by atoms with E-state index >= 15 is 0 Å². The zero-order valence-electron chi connectivity index (χ0n) is 31.0. The van der Waals surface area contributed by atoms with E-state index in [9.17, 15) is 55.4 Å². The molecule has 0 bridgehead atoms. The molecule has 5 aromatic rings. The largest absolute Gasteiger partial charge is 0.444 e. The first-order valence-corrected chi connectivity index (χ1v) is 21.7. The highest BCUT2D eigenvalue weighted by Gasteiger charge is 2.37. The third-order valence-corrected chi connectivity index (χ3v) is 12.0. The van der Waals surface area contributed by atoms with Crippen LogP contribution in [0.3, 0.4) is 0 Å². The molecule has 2 aliphatic rings. The molecule has 5 aromatic carbocycles. The van der Waals surface area contributed by atoms with Gasteiger partial charge in [0.2, 0.25) is 0 Å². The van der Waals surface area contributed by atoms with Crippen molar-refractivity contribution in [2.75, 3.05) is 27.6 Å². The average molecular weight is 921 g/mol. The fraction of sp³-hybridized carbons (Fsp3) is 0.158. The van der Waals surface area contributed by atoms with Crippen LogP contribution in [-0.4, -0.2) is 52.0 Å². The van der Waals surface area contributed by atoms with Gasteiger partial charge in [0, 0.05) is 40.9 Å². The standard InChI is InChI=1S/C22H16ClF2N3O6S.C16H13ClN2O6S/c23-15-9-17(24)20(18(25)10-15)26-35(32,33)16-8-14-6-7-27(21(14)19(11-16)28(30)31)22(29)34-12-13-4-2-1-3-5-13;17-26(23,24)13-8-12-6-7-18(15(12)14(9-13)19(21)22)16(20)25-10-11-4-2-1-3-5-11/h1-5,8-11,26H,6-7,12H2;1-5,8-9H,6-7,10H2. The number of nitro benzene ring substituents is 2. The molecule has 61 heavy (non-hydrogen) atoms. The SMILES string of the molecule is O=C(OCc1ccccc1)N1CCc2cc(S(=O)(=O)Cl)cc([N+](=O)[O-])c21.O=C(OCc1ccccc1)N1CCc2cc(S(=O)(=O)Nc3c(F)cc(Cl)cc3F)cc([N+](=O)[O-])c21. The Bertz CT molecular complexity index is 2770. The number of amides is 2. The molecule has 0 aliphatic carbocycles. The summed E-state index contributed by atoms with van der Waals surface area (Å²) in [4.78, 5) is 47.8. The van der Waals surface area contributed by atoms with Crippen molar-refractivity contribution < 1.29 is 54.5 Å². The first kappa shape index (κ1) is 44.1. The summed E-state index contributed by atoms with van der Waals surface area (Å²) >= 11 is 5.55.